The zero-order chi connectivity index (χ0) is 9.52. The van der Waals surface area contributed by atoms with Crippen molar-refractivity contribution in [2.24, 2.45) is 5.73 Å². The van der Waals surface area contributed by atoms with Crippen LogP contribution in [0.25, 0.3) is 0 Å². The molecule has 2 nitrogen and oxygen atoms in total. The number of rotatable bonds is 5. The summed E-state index contributed by atoms with van der Waals surface area (Å²) in [5.74, 6) is 0. The molecule has 0 unspecified atom stereocenters. The Balaban J connectivity index is 2.40. The van der Waals surface area contributed by atoms with Crippen molar-refractivity contribution >= 4 is 0 Å². The van der Waals surface area contributed by atoms with Crippen molar-refractivity contribution in [1.82, 2.24) is 0 Å². The Morgan fingerprint density at radius 2 is 1.77 bits per heavy atom. The van der Waals surface area contributed by atoms with Gasteiger partial charge in [0.2, 0.25) is 0 Å². The summed E-state index contributed by atoms with van der Waals surface area (Å²) in [4.78, 5) is 0. The lowest BCUT2D eigenvalue weighted by Gasteiger charge is -2.03. The minimum Gasteiger partial charge on any atom is -0.377 e. The van der Waals surface area contributed by atoms with E-state index in [1.165, 1.54) is 11.1 Å². The van der Waals surface area contributed by atoms with E-state index in [9.17, 15) is 0 Å². The van der Waals surface area contributed by atoms with Gasteiger partial charge in [-0.25, -0.2) is 0 Å². The molecule has 0 aliphatic heterocycles. The average molecular weight is 179 g/mol. The molecule has 0 radical (unpaired) electrons. The highest BCUT2D eigenvalue weighted by Gasteiger charge is 1.92. The Morgan fingerprint density at radius 1 is 1.15 bits per heavy atom. The molecule has 2 heteroatoms. The lowest BCUT2D eigenvalue weighted by atomic mass is 10.1. The average Bonchev–Trinajstić information content (AvgIpc) is 2.19. The van der Waals surface area contributed by atoms with Crippen LogP contribution in [0.4, 0.5) is 0 Å². The monoisotopic (exact) mass is 179 g/mol. The third kappa shape index (κ3) is 3.57. The first kappa shape index (κ1) is 10.2. The van der Waals surface area contributed by atoms with Crippen molar-refractivity contribution in [1.29, 1.82) is 0 Å². The lowest BCUT2D eigenvalue weighted by molar-refractivity contribution is 0.121. The molecule has 1 rings (SSSR count). The van der Waals surface area contributed by atoms with Gasteiger partial charge < -0.3 is 10.5 Å². The number of ether oxygens (including phenoxy) is 1. The molecule has 72 valence electrons. The number of hydrogen-bond acceptors (Lipinski definition) is 2. The van der Waals surface area contributed by atoms with Gasteiger partial charge in [-0.3, -0.25) is 0 Å². The van der Waals surface area contributed by atoms with E-state index >= 15 is 0 Å². The molecular formula is C11H17NO. The maximum absolute atomic E-state index is 5.49. The molecule has 0 aliphatic rings. The fourth-order valence-corrected chi connectivity index (χ4v) is 1.11. The molecular weight excluding hydrogens is 162 g/mol. The number of benzene rings is 1. The van der Waals surface area contributed by atoms with Crippen LogP contribution in [0.1, 0.15) is 24.5 Å². The summed E-state index contributed by atoms with van der Waals surface area (Å²) in [5.41, 5.74) is 7.87. The van der Waals surface area contributed by atoms with E-state index in [1.54, 1.807) is 0 Å². The van der Waals surface area contributed by atoms with Crippen molar-refractivity contribution in [3.8, 4) is 0 Å². The fraction of sp³-hybridized carbons (Fsp3) is 0.455. The van der Waals surface area contributed by atoms with Crippen molar-refractivity contribution in [3.63, 3.8) is 0 Å². The first-order valence-corrected chi connectivity index (χ1v) is 4.72. The Labute approximate surface area is 79.7 Å². The van der Waals surface area contributed by atoms with Gasteiger partial charge in [0, 0.05) is 13.2 Å². The molecule has 1 aromatic carbocycles. The first-order chi connectivity index (χ1) is 6.36. The van der Waals surface area contributed by atoms with E-state index in [0.29, 0.717) is 13.2 Å². The van der Waals surface area contributed by atoms with Crippen LogP contribution in [0.2, 0.25) is 0 Å². The van der Waals surface area contributed by atoms with Gasteiger partial charge in [0.05, 0.1) is 6.61 Å². The van der Waals surface area contributed by atoms with E-state index in [4.69, 9.17) is 10.5 Å². The number of nitrogens with two attached hydrogens (primary N) is 1. The fourth-order valence-electron chi connectivity index (χ4n) is 1.11. The van der Waals surface area contributed by atoms with E-state index in [2.05, 4.69) is 19.1 Å². The SMILES string of the molecule is CCCOCc1ccc(CN)cc1. The molecule has 13 heavy (non-hydrogen) atoms. The molecule has 0 aliphatic carbocycles. The molecule has 0 saturated heterocycles. The predicted molar refractivity (Wildman–Crippen MR) is 54.3 cm³/mol. The van der Waals surface area contributed by atoms with Gasteiger partial charge in [0.25, 0.3) is 0 Å². The highest BCUT2D eigenvalue weighted by molar-refractivity contribution is 5.21. The third-order valence-corrected chi connectivity index (χ3v) is 1.88. The molecule has 0 fully saturated rings. The maximum Gasteiger partial charge on any atom is 0.0716 e. The highest BCUT2D eigenvalue weighted by Crippen LogP contribution is 2.05. The molecule has 1 aromatic rings. The summed E-state index contributed by atoms with van der Waals surface area (Å²) in [7, 11) is 0. The lowest BCUT2D eigenvalue weighted by Crippen LogP contribution is -1.97. The summed E-state index contributed by atoms with van der Waals surface area (Å²) < 4.78 is 5.41. The normalized spacial score (nSPS) is 10.3. The highest BCUT2D eigenvalue weighted by atomic mass is 16.5. The number of hydrogen-bond donors (Lipinski definition) is 1. The smallest absolute Gasteiger partial charge is 0.0716 e. The summed E-state index contributed by atoms with van der Waals surface area (Å²) in [6.45, 7) is 4.25. The molecule has 0 amide bonds. The van der Waals surface area contributed by atoms with E-state index < -0.39 is 0 Å². The molecule has 0 heterocycles. The summed E-state index contributed by atoms with van der Waals surface area (Å²) >= 11 is 0. The largest absolute Gasteiger partial charge is 0.377 e. The summed E-state index contributed by atoms with van der Waals surface area (Å²) in [5, 5.41) is 0. The van der Waals surface area contributed by atoms with Crippen molar-refractivity contribution < 1.29 is 4.74 Å². The molecule has 0 saturated carbocycles. The van der Waals surface area contributed by atoms with Gasteiger partial charge in [0.15, 0.2) is 0 Å². The molecule has 0 atom stereocenters. The zero-order valence-corrected chi connectivity index (χ0v) is 8.12. The second-order valence-electron chi connectivity index (χ2n) is 3.07. The minimum atomic E-state index is 0.607. The van der Waals surface area contributed by atoms with Gasteiger partial charge >= 0.3 is 0 Å². The van der Waals surface area contributed by atoms with Gasteiger partial charge in [0.1, 0.15) is 0 Å². The van der Waals surface area contributed by atoms with Gasteiger partial charge in [-0.2, -0.15) is 0 Å². The van der Waals surface area contributed by atoms with Gasteiger partial charge in [-0.05, 0) is 17.5 Å². The topological polar surface area (TPSA) is 35.2 Å². The maximum atomic E-state index is 5.49. The van der Waals surface area contributed by atoms with Crippen LogP contribution in [-0.2, 0) is 17.9 Å². The Kier molecular flexibility index (Phi) is 4.50. The molecule has 2 N–H and O–H groups in total. The quantitative estimate of drug-likeness (QED) is 0.702. The van der Waals surface area contributed by atoms with E-state index in [0.717, 1.165) is 13.0 Å². The van der Waals surface area contributed by atoms with E-state index in [-0.39, 0.29) is 0 Å². The minimum absolute atomic E-state index is 0.607. The van der Waals surface area contributed by atoms with Crippen LogP contribution >= 0.6 is 0 Å². The second kappa shape index (κ2) is 5.73. The molecule has 0 aromatic heterocycles. The third-order valence-electron chi connectivity index (χ3n) is 1.88. The second-order valence-corrected chi connectivity index (χ2v) is 3.07. The van der Waals surface area contributed by atoms with Gasteiger partial charge in [-0.15, -0.1) is 0 Å². The van der Waals surface area contributed by atoms with Crippen molar-refractivity contribution in [3.05, 3.63) is 35.4 Å². The van der Waals surface area contributed by atoms with Gasteiger partial charge in [-0.1, -0.05) is 31.2 Å². The molecule has 0 bridgehead atoms. The Morgan fingerprint density at radius 3 is 2.31 bits per heavy atom. The van der Waals surface area contributed by atoms with E-state index in [1.807, 2.05) is 12.1 Å². The van der Waals surface area contributed by atoms with Crippen molar-refractivity contribution in [2.75, 3.05) is 6.61 Å². The van der Waals surface area contributed by atoms with Crippen LogP contribution in [0.15, 0.2) is 24.3 Å². The first-order valence-electron chi connectivity index (χ1n) is 4.72. The van der Waals surface area contributed by atoms with Crippen LogP contribution in [-0.4, -0.2) is 6.61 Å². The summed E-state index contributed by atoms with van der Waals surface area (Å²) in [6, 6.07) is 8.23. The predicted octanol–water partition coefficient (Wildman–Crippen LogP) is 2.07. The zero-order valence-electron chi connectivity index (χ0n) is 8.12. The van der Waals surface area contributed by atoms with Crippen LogP contribution in [0.3, 0.4) is 0 Å². The Bertz CT molecular complexity index is 230. The Hall–Kier alpha value is -0.860. The summed E-state index contributed by atoms with van der Waals surface area (Å²) in [6.07, 6.45) is 1.07. The standard InChI is InChI=1S/C11H17NO/c1-2-7-13-9-11-5-3-10(8-12)4-6-11/h3-6H,2,7-9,12H2,1H3. The molecule has 0 spiro atoms. The van der Waals surface area contributed by atoms with Crippen LogP contribution in [0.5, 0.6) is 0 Å². The van der Waals surface area contributed by atoms with Crippen molar-refractivity contribution in [2.45, 2.75) is 26.5 Å². The van der Waals surface area contributed by atoms with Crippen LogP contribution < -0.4 is 5.73 Å². The van der Waals surface area contributed by atoms with Crippen LogP contribution in [0, 0.1) is 0 Å².